The molecule has 152 valence electrons. The lowest BCUT2D eigenvalue weighted by Gasteiger charge is -2.41. The zero-order valence-corrected chi connectivity index (χ0v) is 17.2. The molecule has 1 aliphatic heterocycles. The summed E-state index contributed by atoms with van der Waals surface area (Å²) in [6.45, 7) is 6.98. The molecule has 0 spiro atoms. The van der Waals surface area contributed by atoms with E-state index >= 15 is 0 Å². The molecule has 26 heavy (non-hydrogen) atoms. The molecule has 2 aliphatic rings. The average molecular weight is 369 g/mol. The minimum Gasteiger partial charge on any atom is -0.381 e. The molecule has 0 aromatic carbocycles. The van der Waals surface area contributed by atoms with Gasteiger partial charge in [0.15, 0.2) is 5.96 Å². The van der Waals surface area contributed by atoms with Gasteiger partial charge in [0.2, 0.25) is 0 Å². The van der Waals surface area contributed by atoms with Crippen LogP contribution < -0.4 is 10.6 Å². The molecule has 1 aliphatic carbocycles. The summed E-state index contributed by atoms with van der Waals surface area (Å²) in [6.07, 6.45) is 10.3. The van der Waals surface area contributed by atoms with E-state index in [1.54, 1.807) is 0 Å². The summed E-state index contributed by atoms with van der Waals surface area (Å²) >= 11 is 0. The Morgan fingerprint density at radius 3 is 2.42 bits per heavy atom. The minimum atomic E-state index is 0.109. The van der Waals surface area contributed by atoms with E-state index in [1.165, 1.54) is 38.5 Å². The van der Waals surface area contributed by atoms with E-state index in [4.69, 9.17) is 14.5 Å². The SMILES string of the molecule is CCNC(=NCC1(N(C)C)CCOCC1)NCCOC1CCCCCC1. The van der Waals surface area contributed by atoms with Gasteiger partial charge < -0.3 is 25.0 Å². The van der Waals surface area contributed by atoms with E-state index in [0.29, 0.717) is 6.10 Å². The van der Waals surface area contributed by atoms with Crippen LogP contribution in [0.5, 0.6) is 0 Å². The zero-order chi connectivity index (χ0) is 18.7. The number of aliphatic imine (C=N–C) groups is 1. The van der Waals surface area contributed by atoms with Crippen LogP contribution in [-0.2, 0) is 9.47 Å². The van der Waals surface area contributed by atoms with Crippen molar-refractivity contribution in [1.82, 2.24) is 15.5 Å². The van der Waals surface area contributed by atoms with Crippen LogP contribution in [0.4, 0.5) is 0 Å². The lowest BCUT2D eigenvalue weighted by molar-refractivity contribution is -0.00255. The number of nitrogens with one attached hydrogen (secondary N) is 2. The molecule has 1 heterocycles. The molecule has 0 aromatic rings. The third-order valence-corrected chi connectivity index (χ3v) is 5.80. The molecule has 0 aromatic heterocycles. The average Bonchev–Trinajstić information content (AvgIpc) is 2.92. The van der Waals surface area contributed by atoms with Crippen molar-refractivity contribution in [3.8, 4) is 0 Å². The van der Waals surface area contributed by atoms with E-state index < -0.39 is 0 Å². The highest BCUT2D eigenvalue weighted by atomic mass is 16.5. The van der Waals surface area contributed by atoms with E-state index in [2.05, 4.69) is 36.6 Å². The molecule has 2 rings (SSSR count). The van der Waals surface area contributed by atoms with E-state index in [9.17, 15) is 0 Å². The standard InChI is InChI=1S/C20H40N4O2/c1-4-21-19(22-13-16-26-18-9-7-5-6-8-10-18)23-17-20(24(2)3)11-14-25-15-12-20/h18H,4-17H2,1-3H3,(H2,21,22,23). The van der Waals surface area contributed by atoms with Crippen LogP contribution in [0.1, 0.15) is 58.3 Å². The largest absolute Gasteiger partial charge is 0.381 e. The first-order valence-electron chi connectivity index (χ1n) is 10.6. The Hall–Kier alpha value is -0.850. The number of likely N-dealkylation sites (N-methyl/N-ethyl adjacent to an activating group) is 1. The van der Waals surface area contributed by atoms with Gasteiger partial charge in [-0.3, -0.25) is 4.99 Å². The van der Waals surface area contributed by atoms with Crippen LogP contribution in [0.25, 0.3) is 0 Å². The number of hydrogen-bond acceptors (Lipinski definition) is 4. The van der Waals surface area contributed by atoms with Crippen molar-refractivity contribution >= 4 is 5.96 Å². The molecule has 6 nitrogen and oxygen atoms in total. The van der Waals surface area contributed by atoms with Gasteiger partial charge >= 0.3 is 0 Å². The molecule has 1 saturated heterocycles. The van der Waals surface area contributed by atoms with E-state index in [0.717, 1.165) is 58.3 Å². The number of ether oxygens (including phenoxy) is 2. The van der Waals surface area contributed by atoms with Gasteiger partial charge in [-0.25, -0.2) is 0 Å². The minimum absolute atomic E-state index is 0.109. The third-order valence-electron chi connectivity index (χ3n) is 5.80. The van der Waals surface area contributed by atoms with Crippen molar-refractivity contribution in [2.75, 3.05) is 53.6 Å². The fraction of sp³-hybridized carbons (Fsp3) is 0.950. The maximum absolute atomic E-state index is 6.07. The number of guanidine groups is 1. The lowest BCUT2D eigenvalue weighted by atomic mass is 9.89. The maximum Gasteiger partial charge on any atom is 0.191 e. The summed E-state index contributed by atoms with van der Waals surface area (Å²) in [5.74, 6) is 0.893. The fourth-order valence-corrected chi connectivity index (χ4v) is 3.87. The van der Waals surface area contributed by atoms with Gasteiger partial charge in [0.25, 0.3) is 0 Å². The van der Waals surface area contributed by atoms with Gasteiger partial charge in [0.1, 0.15) is 0 Å². The molecular weight excluding hydrogens is 328 g/mol. The van der Waals surface area contributed by atoms with Gasteiger partial charge in [-0.1, -0.05) is 25.7 Å². The second-order valence-electron chi connectivity index (χ2n) is 7.84. The van der Waals surface area contributed by atoms with Crippen LogP contribution in [0.15, 0.2) is 4.99 Å². The van der Waals surface area contributed by atoms with Gasteiger partial charge in [0, 0.05) is 31.8 Å². The van der Waals surface area contributed by atoms with Crippen molar-refractivity contribution in [2.45, 2.75) is 69.9 Å². The molecule has 1 saturated carbocycles. The Balaban J connectivity index is 1.78. The lowest BCUT2D eigenvalue weighted by Crippen LogP contribution is -2.52. The predicted molar refractivity (Wildman–Crippen MR) is 108 cm³/mol. The number of hydrogen-bond donors (Lipinski definition) is 2. The molecular formula is C20H40N4O2. The summed E-state index contributed by atoms with van der Waals surface area (Å²) in [4.78, 5) is 7.19. The van der Waals surface area contributed by atoms with Crippen LogP contribution in [-0.4, -0.2) is 76.1 Å². The smallest absolute Gasteiger partial charge is 0.191 e. The van der Waals surface area contributed by atoms with Gasteiger partial charge in [-0.15, -0.1) is 0 Å². The van der Waals surface area contributed by atoms with Gasteiger partial charge in [0.05, 0.1) is 19.3 Å². The third kappa shape index (κ3) is 7.05. The van der Waals surface area contributed by atoms with Crippen molar-refractivity contribution in [3.05, 3.63) is 0 Å². The Bertz CT molecular complexity index is 401. The Kier molecular flexibility index (Phi) is 9.72. The first-order chi connectivity index (χ1) is 12.7. The van der Waals surface area contributed by atoms with Crippen molar-refractivity contribution < 1.29 is 9.47 Å². The van der Waals surface area contributed by atoms with Crippen molar-refractivity contribution in [2.24, 2.45) is 4.99 Å². The number of rotatable bonds is 8. The quantitative estimate of drug-likeness (QED) is 0.298. The van der Waals surface area contributed by atoms with Crippen LogP contribution in [0.3, 0.4) is 0 Å². The highest BCUT2D eigenvalue weighted by Gasteiger charge is 2.34. The fourth-order valence-electron chi connectivity index (χ4n) is 3.87. The molecule has 6 heteroatoms. The monoisotopic (exact) mass is 368 g/mol. The number of nitrogens with zero attached hydrogens (tertiary/aromatic N) is 2. The topological polar surface area (TPSA) is 58.1 Å². The normalized spacial score (nSPS) is 22.2. The van der Waals surface area contributed by atoms with Crippen LogP contribution >= 0.6 is 0 Å². The molecule has 0 bridgehead atoms. The first-order valence-corrected chi connectivity index (χ1v) is 10.6. The Morgan fingerprint density at radius 2 is 1.81 bits per heavy atom. The zero-order valence-electron chi connectivity index (χ0n) is 17.2. The van der Waals surface area contributed by atoms with Crippen LogP contribution in [0, 0.1) is 0 Å². The second-order valence-corrected chi connectivity index (χ2v) is 7.84. The van der Waals surface area contributed by atoms with E-state index in [-0.39, 0.29) is 5.54 Å². The summed E-state index contributed by atoms with van der Waals surface area (Å²) < 4.78 is 11.6. The molecule has 0 amide bonds. The Morgan fingerprint density at radius 1 is 1.12 bits per heavy atom. The second kappa shape index (κ2) is 11.8. The molecule has 0 radical (unpaired) electrons. The molecule has 2 fully saturated rings. The molecule has 0 unspecified atom stereocenters. The highest BCUT2D eigenvalue weighted by Crippen LogP contribution is 2.26. The first kappa shape index (κ1) is 21.5. The molecule has 2 N–H and O–H groups in total. The van der Waals surface area contributed by atoms with E-state index in [1.807, 2.05) is 0 Å². The maximum atomic E-state index is 6.07. The van der Waals surface area contributed by atoms with Crippen molar-refractivity contribution in [3.63, 3.8) is 0 Å². The predicted octanol–water partition coefficient (Wildman–Crippen LogP) is 2.39. The van der Waals surface area contributed by atoms with Crippen molar-refractivity contribution in [1.29, 1.82) is 0 Å². The summed E-state index contributed by atoms with van der Waals surface area (Å²) in [6, 6.07) is 0. The summed E-state index contributed by atoms with van der Waals surface area (Å²) in [7, 11) is 4.31. The Labute approximate surface area is 160 Å². The van der Waals surface area contributed by atoms with Gasteiger partial charge in [-0.2, -0.15) is 0 Å². The van der Waals surface area contributed by atoms with Gasteiger partial charge in [-0.05, 0) is 46.7 Å². The summed E-state index contributed by atoms with van der Waals surface area (Å²) in [5.41, 5.74) is 0.109. The molecule has 0 atom stereocenters. The summed E-state index contributed by atoms with van der Waals surface area (Å²) in [5, 5.41) is 6.80. The highest BCUT2D eigenvalue weighted by molar-refractivity contribution is 5.79. The van der Waals surface area contributed by atoms with Crippen LogP contribution in [0.2, 0.25) is 0 Å².